The Morgan fingerprint density at radius 2 is 1.80 bits per heavy atom. The van der Waals surface area contributed by atoms with Crippen molar-refractivity contribution >= 4 is 28.3 Å². The van der Waals surface area contributed by atoms with Gasteiger partial charge < -0.3 is 15.2 Å². The number of halogens is 2. The highest BCUT2D eigenvalue weighted by atomic mass is 79.9. The van der Waals surface area contributed by atoms with E-state index in [0.717, 1.165) is 28.0 Å². The third-order valence-corrected chi connectivity index (χ3v) is 2.59. The fourth-order valence-corrected chi connectivity index (χ4v) is 1.76. The Morgan fingerprint density at radius 1 is 1.20 bits per heavy atom. The summed E-state index contributed by atoms with van der Waals surface area (Å²) in [6.07, 6.45) is 0.785. The molecule has 1 rings (SSSR count). The van der Waals surface area contributed by atoms with Crippen molar-refractivity contribution in [2.45, 2.75) is 6.42 Å². The predicted molar refractivity (Wildman–Crippen MR) is 67.3 cm³/mol. The molecule has 0 spiro atoms. The molecule has 0 fully saturated rings. The SMILES string of the molecule is COc1cc(CCN)c(OC)cc1Br.Cl. The molecule has 0 aromatic heterocycles. The molecule has 2 N–H and O–H groups in total. The highest BCUT2D eigenvalue weighted by molar-refractivity contribution is 9.10. The Hall–Kier alpha value is -0.450. The van der Waals surface area contributed by atoms with E-state index in [0.29, 0.717) is 6.54 Å². The monoisotopic (exact) mass is 295 g/mol. The van der Waals surface area contributed by atoms with Gasteiger partial charge in [0.1, 0.15) is 11.5 Å². The first kappa shape index (κ1) is 14.5. The third-order valence-electron chi connectivity index (χ3n) is 1.97. The second-order valence-corrected chi connectivity index (χ2v) is 3.69. The molecular weight excluding hydrogens is 281 g/mol. The standard InChI is InChI=1S/C10H14BrNO2.ClH/c1-13-9-6-8(11)10(14-2)5-7(9)3-4-12;/h5-6H,3-4,12H2,1-2H3;1H. The minimum absolute atomic E-state index is 0. The van der Waals surface area contributed by atoms with Crippen LogP contribution in [-0.4, -0.2) is 20.8 Å². The van der Waals surface area contributed by atoms with E-state index in [2.05, 4.69) is 15.9 Å². The van der Waals surface area contributed by atoms with Gasteiger partial charge in [0.25, 0.3) is 0 Å². The van der Waals surface area contributed by atoms with Crippen LogP contribution in [0.1, 0.15) is 5.56 Å². The van der Waals surface area contributed by atoms with Gasteiger partial charge in [-0.2, -0.15) is 0 Å². The van der Waals surface area contributed by atoms with Crippen LogP contribution < -0.4 is 15.2 Å². The van der Waals surface area contributed by atoms with E-state index in [1.54, 1.807) is 14.2 Å². The van der Waals surface area contributed by atoms with Gasteiger partial charge in [-0.25, -0.2) is 0 Å². The second-order valence-electron chi connectivity index (χ2n) is 2.84. The molecule has 1 aromatic rings. The number of rotatable bonds is 4. The van der Waals surface area contributed by atoms with Crippen molar-refractivity contribution in [2.24, 2.45) is 5.73 Å². The topological polar surface area (TPSA) is 44.5 Å². The summed E-state index contributed by atoms with van der Waals surface area (Å²) in [7, 11) is 3.28. The van der Waals surface area contributed by atoms with Crippen molar-refractivity contribution in [3.63, 3.8) is 0 Å². The van der Waals surface area contributed by atoms with Crippen molar-refractivity contribution in [2.75, 3.05) is 20.8 Å². The maximum absolute atomic E-state index is 5.51. The van der Waals surface area contributed by atoms with Crippen LogP contribution in [0, 0.1) is 0 Å². The highest BCUT2D eigenvalue weighted by Crippen LogP contribution is 2.32. The Balaban J connectivity index is 0.00000196. The minimum atomic E-state index is 0. The van der Waals surface area contributed by atoms with Crippen LogP contribution in [-0.2, 0) is 6.42 Å². The summed E-state index contributed by atoms with van der Waals surface area (Å²) in [5, 5.41) is 0. The molecule has 0 saturated carbocycles. The molecule has 3 nitrogen and oxygen atoms in total. The van der Waals surface area contributed by atoms with Gasteiger partial charge >= 0.3 is 0 Å². The number of hydrogen-bond acceptors (Lipinski definition) is 3. The number of nitrogens with two attached hydrogens (primary N) is 1. The second kappa shape index (κ2) is 6.93. The smallest absolute Gasteiger partial charge is 0.133 e. The molecule has 0 amide bonds. The first-order valence-corrected chi connectivity index (χ1v) is 5.12. The molecule has 0 radical (unpaired) electrons. The fraction of sp³-hybridized carbons (Fsp3) is 0.400. The van der Waals surface area contributed by atoms with Crippen LogP contribution in [0.25, 0.3) is 0 Å². The van der Waals surface area contributed by atoms with Crippen molar-refractivity contribution in [1.29, 1.82) is 0 Å². The van der Waals surface area contributed by atoms with Crippen molar-refractivity contribution in [1.82, 2.24) is 0 Å². The lowest BCUT2D eigenvalue weighted by molar-refractivity contribution is 0.397. The van der Waals surface area contributed by atoms with Crippen molar-refractivity contribution < 1.29 is 9.47 Å². The lowest BCUT2D eigenvalue weighted by Gasteiger charge is -2.11. The van der Waals surface area contributed by atoms with E-state index in [9.17, 15) is 0 Å². The summed E-state index contributed by atoms with van der Waals surface area (Å²) in [6.45, 7) is 0.598. The summed E-state index contributed by atoms with van der Waals surface area (Å²) in [5.41, 5.74) is 6.57. The molecule has 1 aromatic carbocycles. The Bertz CT molecular complexity index is 321. The van der Waals surface area contributed by atoms with Gasteiger partial charge in [-0.1, -0.05) is 0 Å². The van der Waals surface area contributed by atoms with E-state index in [4.69, 9.17) is 15.2 Å². The number of ether oxygens (including phenoxy) is 2. The maximum atomic E-state index is 5.51. The van der Waals surface area contributed by atoms with E-state index in [1.807, 2.05) is 12.1 Å². The predicted octanol–water partition coefficient (Wildman–Crippen LogP) is 2.39. The zero-order chi connectivity index (χ0) is 10.6. The third kappa shape index (κ3) is 3.55. The first-order chi connectivity index (χ1) is 6.72. The normalized spacial score (nSPS) is 9.33. The van der Waals surface area contributed by atoms with Crippen LogP contribution in [0.15, 0.2) is 16.6 Å². The number of benzene rings is 1. The Kier molecular flexibility index (Phi) is 6.72. The van der Waals surface area contributed by atoms with Crippen molar-refractivity contribution in [3.05, 3.63) is 22.2 Å². The Labute approximate surface area is 104 Å². The summed E-state index contributed by atoms with van der Waals surface area (Å²) in [6, 6.07) is 3.83. The van der Waals surface area contributed by atoms with Gasteiger partial charge in [-0.15, -0.1) is 12.4 Å². The maximum Gasteiger partial charge on any atom is 0.133 e. The van der Waals surface area contributed by atoms with Crippen molar-refractivity contribution in [3.8, 4) is 11.5 Å². The zero-order valence-corrected chi connectivity index (χ0v) is 11.2. The molecule has 0 unspecified atom stereocenters. The summed E-state index contributed by atoms with van der Waals surface area (Å²) >= 11 is 3.40. The van der Waals surface area contributed by atoms with E-state index >= 15 is 0 Å². The largest absolute Gasteiger partial charge is 0.496 e. The Morgan fingerprint density at radius 3 is 2.27 bits per heavy atom. The number of methoxy groups -OCH3 is 2. The van der Waals surface area contributed by atoms with Crippen LogP contribution >= 0.6 is 28.3 Å². The molecule has 5 heteroatoms. The molecule has 0 aliphatic carbocycles. The van der Waals surface area contributed by atoms with E-state index in [1.165, 1.54) is 0 Å². The molecule has 0 aliphatic rings. The molecule has 0 aliphatic heterocycles. The molecule has 0 saturated heterocycles. The minimum Gasteiger partial charge on any atom is -0.496 e. The fourth-order valence-electron chi connectivity index (χ4n) is 1.27. The highest BCUT2D eigenvalue weighted by Gasteiger charge is 2.08. The molecule has 0 bridgehead atoms. The first-order valence-electron chi connectivity index (χ1n) is 4.33. The molecule has 0 atom stereocenters. The average Bonchev–Trinajstić information content (AvgIpc) is 2.20. The van der Waals surface area contributed by atoms with Gasteiger partial charge in [-0.3, -0.25) is 0 Å². The van der Waals surface area contributed by atoms with Gasteiger partial charge in [0.15, 0.2) is 0 Å². The molecule has 86 valence electrons. The van der Waals surface area contributed by atoms with Gasteiger partial charge in [-0.05, 0) is 46.6 Å². The molecule has 15 heavy (non-hydrogen) atoms. The van der Waals surface area contributed by atoms with Crippen LogP contribution in [0.4, 0.5) is 0 Å². The average molecular weight is 297 g/mol. The summed E-state index contributed by atoms with van der Waals surface area (Å²) < 4.78 is 11.3. The van der Waals surface area contributed by atoms with E-state index in [-0.39, 0.29) is 12.4 Å². The molecule has 0 heterocycles. The lowest BCUT2D eigenvalue weighted by Crippen LogP contribution is -2.04. The van der Waals surface area contributed by atoms with Gasteiger partial charge in [0.05, 0.1) is 18.7 Å². The van der Waals surface area contributed by atoms with Crippen LogP contribution in [0.3, 0.4) is 0 Å². The summed E-state index contributed by atoms with van der Waals surface area (Å²) in [5.74, 6) is 1.64. The van der Waals surface area contributed by atoms with Gasteiger partial charge in [0, 0.05) is 0 Å². The van der Waals surface area contributed by atoms with Crippen LogP contribution in [0.5, 0.6) is 11.5 Å². The van der Waals surface area contributed by atoms with E-state index < -0.39 is 0 Å². The summed E-state index contributed by atoms with van der Waals surface area (Å²) in [4.78, 5) is 0. The molecular formula is C10H15BrClNO2. The number of hydrogen-bond donors (Lipinski definition) is 1. The zero-order valence-electron chi connectivity index (χ0n) is 8.75. The van der Waals surface area contributed by atoms with Gasteiger partial charge in [0.2, 0.25) is 0 Å². The quantitative estimate of drug-likeness (QED) is 0.928. The lowest BCUT2D eigenvalue weighted by atomic mass is 10.1. The van der Waals surface area contributed by atoms with Crippen LogP contribution in [0.2, 0.25) is 0 Å².